The number of hydrogen-bond donors (Lipinski definition) is 0. The maximum Gasteiger partial charge on any atom is 0.0887 e. The van der Waals surface area contributed by atoms with Crippen molar-refractivity contribution in [2.75, 3.05) is 36.0 Å². The molecule has 0 aliphatic heterocycles. The minimum atomic E-state index is 0.731. The second-order valence-electron chi connectivity index (χ2n) is 17.5. The van der Waals surface area contributed by atoms with E-state index in [1.807, 2.05) is 135 Å². The minimum Gasteiger partial charge on any atom is -0.372 e. The van der Waals surface area contributed by atoms with Crippen LogP contribution in [0.5, 0.6) is 0 Å². The molecule has 0 fully saturated rings. The molecule has 15 heteroatoms. The first-order valence-electron chi connectivity index (χ1n) is 25.8. The van der Waals surface area contributed by atoms with Crippen molar-refractivity contribution < 1.29 is 0 Å². The van der Waals surface area contributed by atoms with Gasteiger partial charge in [-0.15, -0.1) is 0 Å². The molecule has 0 N–H and O–H groups in total. The molecule has 0 radical (unpaired) electrons. The summed E-state index contributed by atoms with van der Waals surface area (Å²) >= 11 is 0. The number of anilines is 2. The lowest BCUT2D eigenvalue weighted by atomic mass is 10.1. The van der Waals surface area contributed by atoms with Crippen LogP contribution in [0.15, 0.2) is 244 Å². The first-order valence-corrected chi connectivity index (χ1v) is 25.8. The summed E-state index contributed by atoms with van der Waals surface area (Å²) in [6.07, 6.45) is 6.87. The topological polar surface area (TPSA) is 168 Å². The molecule has 8 aromatic rings. The molecule has 0 aliphatic rings. The SMILES string of the molecule is CCCCc1ccc(N=Nc2ccc(N=Nc3ccc(N=Nc4ccc(N(CC)CC)cc4)cc3C)cc2)cc1.CCN(CC)c1ccc(N=Nc2ccc(N=Nc3ccc(N=Nc4ccncc4)cc3)c(C)c2)cc1. The third-order valence-electron chi connectivity index (χ3n) is 12.1. The number of hydrogen-bond acceptors (Lipinski definition) is 15. The van der Waals surface area contributed by atoms with E-state index in [-0.39, 0.29) is 0 Å². The fourth-order valence-corrected chi connectivity index (χ4v) is 7.64. The van der Waals surface area contributed by atoms with Crippen molar-refractivity contribution in [3.05, 3.63) is 199 Å². The third kappa shape index (κ3) is 17.0. The maximum absolute atomic E-state index is 4.42. The van der Waals surface area contributed by atoms with E-state index in [0.717, 1.165) is 112 Å². The van der Waals surface area contributed by atoms with Crippen LogP contribution < -0.4 is 9.80 Å². The second-order valence-corrected chi connectivity index (χ2v) is 17.5. The molecular weight excluding hydrogens is 943 g/mol. The van der Waals surface area contributed by atoms with Gasteiger partial charge in [0.25, 0.3) is 0 Å². The molecule has 0 saturated heterocycles. The van der Waals surface area contributed by atoms with Crippen molar-refractivity contribution >= 4 is 79.6 Å². The fourth-order valence-electron chi connectivity index (χ4n) is 7.64. The van der Waals surface area contributed by atoms with Gasteiger partial charge in [0.15, 0.2) is 0 Å². The summed E-state index contributed by atoms with van der Waals surface area (Å²) in [7, 11) is 0. The Hall–Kier alpha value is -9.11. The minimum absolute atomic E-state index is 0.731. The molecule has 0 unspecified atom stereocenters. The van der Waals surface area contributed by atoms with E-state index in [0.29, 0.717) is 0 Å². The number of rotatable bonds is 21. The van der Waals surface area contributed by atoms with Crippen LogP contribution in [0.4, 0.5) is 79.6 Å². The summed E-state index contributed by atoms with van der Waals surface area (Å²) in [6, 6.07) is 54.6. The number of aryl methyl sites for hydroxylation is 3. The standard InChI is InChI=1S/C33H37N7.C28H28N8/c1-5-8-9-26-10-12-27(13-11-26)34-35-28-14-16-29(17-15-28)37-39-33-23-20-31(24-25(33)4)38-36-30-18-21-32(22-19-30)40(6-2)7-3;1-4-36(5-2)27-13-10-24(11-14-27)31-34-26-12-15-28(21(3)20-26)35-33-23-8-6-22(7-9-23)30-32-25-16-18-29-19-17-25/h10-24H,5-9H2,1-4H3;6-20H,4-5H2,1-3H3. The van der Waals surface area contributed by atoms with Gasteiger partial charge in [-0.3, -0.25) is 4.98 Å². The van der Waals surface area contributed by atoms with Crippen molar-refractivity contribution in [3.63, 3.8) is 0 Å². The van der Waals surface area contributed by atoms with Gasteiger partial charge in [0.05, 0.1) is 68.2 Å². The number of azo groups is 6. The summed E-state index contributed by atoms with van der Waals surface area (Å²) in [5, 5.41) is 52.2. The van der Waals surface area contributed by atoms with Crippen LogP contribution in [0, 0.1) is 13.8 Å². The van der Waals surface area contributed by atoms with Gasteiger partial charge >= 0.3 is 0 Å². The molecule has 384 valence electrons. The van der Waals surface area contributed by atoms with E-state index >= 15 is 0 Å². The molecule has 0 spiro atoms. The van der Waals surface area contributed by atoms with E-state index < -0.39 is 0 Å². The van der Waals surface area contributed by atoms with Crippen molar-refractivity contribution in [2.24, 2.45) is 61.4 Å². The van der Waals surface area contributed by atoms with Gasteiger partial charge in [0.2, 0.25) is 0 Å². The van der Waals surface area contributed by atoms with Crippen LogP contribution in [0.2, 0.25) is 0 Å². The highest BCUT2D eigenvalue weighted by atomic mass is 15.1. The number of aromatic nitrogens is 1. The number of nitrogens with zero attached hydrogens (tertiary/aromatic N) is 15. The van der Waals surface area contributed by atoms with E-state index in [1.54, 1.807) is 24.5 Å². The molecule has 76 heavy (non-hydrogen) atoms. The third-order valence-corrected chi connectivity index (χ3v) is 12.1. The number of pyridine rings is 1. The second kappa shape index (κ2) is 29.0. The zero-order chi connectivity index (χ0) is 53.3. The Morgan fingerprint density at radius 2 is 0.592 bits per heavy atom. The van der Waals surface area contributed by atoms with Gasteiger partial charge < -0.3 is 9.80 Å². The first-order chi connectivity index (χ1) is 37.2. The van der Waals surface area contributed by atoms with Crippen molar-refractivity contribution in [1.29, 1.82) is 0 Å². The van der Waals surface area contributed by atoms with Crippen LogP contribution in [0.1, 0.15) is 64.2 Å². The molecule has 0 amide bonds. The molecular formula is C61H65N15. The summed E-state index contributed by atoms with van der Waals surface area (Å²) in [5.41, 5.74) is 15.0. The Labute approximate surface area is 446 Å². The molecule has 0 aliphatic carbocycles. The van der Waals surface area contributed by atoms with Gasteiger partial charge in [0, 0.05) is 49.9 Å². The molecule has 15 nitrogen and oxygen atoms in total. The zero-order valence-electron chi connectivity index (χ0n) is 44.5. The average Bonchev–Trinajstić information content (AvgIpc) is 3.46. The number of unbranched alkanes of at least 4 members (excludes halogenated alkanes) is 1. The van der Waals surface area contributed by atoms with Crippen molar-refractivity contribution in [1.82, 2.24) is 4.98 Å². The maximum atomic E-state index is 4.42. The Morgan fingerprint density at radius 3 is 0.908 bits per heavy atom. The Bertz CT molecular complexity index is 3220. The Morgan fingerprint density at radius 1 is 0.316 bits per heavy atom. The highest BCUT2D eigenvalue weighted by molar-refractivity contribution is 5.58. The lowest BCUT2D eigenvalue weighted by Crippen LogP contribution is -2.21. The lowest BCUT2D eigenvalue weighted by Gasteiger charge is -2.20. The smallest absolute Gasteiger partial charge is 0.0887 e. The first kappa shape index (κ1) is 54.7. The molecule has 1 heterocycles. The molecule has 8 rings (SSSR count). The zero-order valence-corrected chi connectivity index (χ0v) is 44.5. The van der Waals surface area contributed by atoms with E-state index in [4.69, 9.17) is 0 Å². The van der Waals surface area contributed by atoms with Crippen molar-refractivity contribution in [2.45, 2.75) is 67.7 Å². The summed E-state index contributed by atoms with van der Waals surface area (Å²) in [6.45, 7) is 18.7. The largest absolute Gasteiger partial charge is 0.372 e. The lowest BCUT2D eigenvalue weighted by molar-refractivity contribution is 0.795. The Kier molecular flexibility index (Phi) is 20.8. The van der Waals surface area contributed by atoms with Crippen LogP contribution in [0.3, 0.4) is 0 Å². The predicted molar refractivity (Wildman–Crippen MR) is 310 cm³/mol. The highest BCUT2D eigenvalue weighted by Crippen LogP contribution is 2.31. The van der Waals surface area contributed by atoms with Crippen LogP contribution >= 0.6 is 0 Å². The normalized spacial score (nSPS) is 11.7. The quantitative estimate of drug-likeness (QED) is 0.0654. The fraction of sp³-hybridized carbons (Fsp3) is 0.230. The van der Waals surface area contributed by atoms with Gasteiger partial charge in [-0.25, -0.2) is 0 Å². The molecule has 7 aromatic carbocycles. The average molecular weight is 1010 g/mol. The van der Waals surface area contributed by atoms with E-state index in [1.165, 1.54) is 29.8 Å². The summed E-state index contributed by atoms with van der Waals surface area (Å²) in [4.78, 5) is 8.56. The van der Waals surface area contributed by atoms with E-state index in [2.05, 4.69) is 147 Å². The summed E-state index contributed by atoms with van der Waals surface area (Å²) < 4.78 is 0. The molecule has 0 atom stereocenters. The van der Waals surface area contributed by atoms with Gasteiger partial charge in [0.1, 0.15) is 0 Å². The van der Waals surface area contributed by atoms with E-state index in [9.17, 15) is 0 Å². The van der Waals surface area contributed by atoms with Gasteiger partial charge in [-0.05, 0) is 229 Å². The monoisotopic (exact) mass is 1010 g/mol. The van der Waals surface area contributed by atoms with Crippen LogP contribution in [-0.2, 0) is 6.42 Å². The van der Waals surface area contributed by atoms with Crippen molar-refractivity contribution in [3.8, 4) is 0 Å². The summed E-state index contributed by atoms with van der Waals surface area (Å²) in [5.74, 6) is 0. The van der Waals surface area contributed by atoms with Gasteiger partial charge in [-0.2, -0.15) is 61.4 Å². The van der Waals surface area contributed by atoms with Crippen LogP contribution in [0.25, 0.3) is 0 Å². The number of benzene rings is 7. The van der Waals surface area contributed by atoms with Gasteiger partial charge in [-0.1, -0.05) is 25.5 Å². The van der Waals surface area contributed by atoms with Crippen LogP contribution in [-0.4, -0.2) is 31.2 Å². The molecule has 0 bridgehead atoms. The highest BCUT2D eigenvalue weighted by Gasteiger charge is 2.05. The molecule has 1 aromatic heterocycles. The Balaban J connectivity index is 0.000000222. The molecule has 0 saturated carbocycles. The predicted octanol–water partition coefficient (Wildman–Crippen LogP) is 20.9.